The van der Waals surface area contributed by atoms with Crippen molar-refractivity contribution in [2.45, 2.75) is 117 Å². The van der Waals surface area contributed by atoms with E-state index in [9.17, 15) is 9.59 Å². The summed E-state index contributed by atoms with van der Waals surface area (Å²) >= 11 is 0. The summed E-state index contributed by atoms with van der Waals surface area (Å²) in [6.07, 6.45) is 5.64. The highest BCUT2D eigenvalue weighted by molar-refractivity contribution is 6.76. The summed E-state index contributed by atoms with van der Waals surface area (Å²) in [5.74, 6) is 1.65. The maximum atomic E-state index is 13.0. The first kappa shape index (κ1) is 35.2. The average Bonchev–Trinajstić information content (AvgIpc) is 3.35. The normalized spacial score (nSPS) is 12.8. The van der Waals surface area contributed by atoms with Crippen LogP contribution in [0.25, 0.3) is 22.2 Å². The van der Waals surface area contributed by atoms with Gasteiger partial charge in [-0.15, -0.1) is 0 Å². The summed E-state index contributed by atoms with van der Waals surface area (Å²) in [5, 5.41) is 4.07. The van der Waals surface area contributed by atoms with Crippen molar-refractivity contribution in [3.63, 3.8) is 0 Å². The summed E-state index contributed by atoms with van der Waals surface area (Å²) in [4.78, 5) is 34.4. The van der Waals surface area contributed by atoms with E-state index in [1.807, 2.05) is 57.5 Å². The van der Waals surface area contributed by atoms with Gasteiger partial charge in [0.1, 0.15) is 29.7 Å². The number of carbonyl (C=O) groups is 2. The third kappa shape index (κ3) is 10.7. The molecule has 0 aliphatic carbocycles. The number of carbonyl (C=O) groups excluding carboxylic acids is 2. The van der Waals surface area contributed by atoms with Crippen LogP contribution in [0, 0.1) is 6.92 Å². The van der Waals surface area contributed by atoms with Crippen LogP contribution in [0.2, 0.25) is 25.7 Å². The number of methoxy groups -OCH3 is 1. The van der Waals surface area contributed by atoms with Gasteiger partial charge in [-0.2, -0.15) is 0 Å². The molecule has 2 heterocycles. The van der Waals surface area contributed by atoms with Crippen LogP contribution in [0.4, 0.5) is 4.79 Å². The quantitative estimate of drug-likeness (QED) is 0.126. The average molecular weight is 625 g/mol. The number of hydrogen-bond acceptors (Lipinski definition) is 7. The predicted octanol–water partition coefficient (Wildman–Crippen LogP) is 8.22. The van der Waals surface area contributed by atoms with Gasteiger partial charge in [0.05, 0.1) is 30.6 Å². The Kier molecular flexibility index (Phi) is 12.5. The minimum atomic E-state index is -1.30. The molecule has 0 spiro atoms. The van der Waals surface area contributed by atoms with E-state index >= 15 is 0 Å². The van der Waals surface area contributed by atoms with Crippen molar-refractivity contribution in [3.05, 3.63) is 42.0 Å². The van der Waals surface area contributed by atoms with Gasteiger partial charge in [-0.05, 0) is 58.7 Å². The Bertz CT molecular complexity index is 1410. The van der Waals surface area contributed by atoms with Crippen LogP contribution in [-0.2, 0) is 21.0 Å². The molecule has 1 atom stereocenters. The Hall–Kier alpha value is -3.24. The molecule has 44 heavy (non-hydrogen) atoms. The van der Waals surface area contributed by atoms with E-state index in [-0.39, 0.29) is 12.5 Å². The SMILES string of the molecule is CCC(=O)CCCCCC(NC(=O)OC(C)(C)C)c1ncc(-c2cc3ccc(C)nc3cc2OC)n1COCC[Si](C)(C)C. The Labute approximate surface area is 264 Å². The van der Waals surface area contributed by atoms with Gasteiger partial charge in [0.2, 0.25) is 0 Å². The lowest BCUT2D eigenvalue weighted by Crippen LogP contribution is -2.36. The van der Waals surface area contributed by atoms with E-state index in [4.69, 9.17) is 19.2 Å². The third-order valence-electron chi connectivity index (χ3n) is 7.37. The van der Waals surface area contributed by atoms with Crippen molar-refractivity contribution < 1.29 is 23.8 Å². The van der Waals surface area contributed by atoms with Gasteiger partial charge < -0.3 is 24.1 Å². The number of nitrogens with zero attached hydrogens (tertiary/aromatic N) is 3. The monoisotopic (exact) mass is 624 g/mol. The molecule has 3 aromatic rings. The number of aromatic nitrogens is 3. The molecule has 0 saturated carbocycles. The molecule has 2 aromatic heterocycles. The van der Waals surface area contributed by atoms with Crippen molar-refractivity contribution in [2.75, 3.05) is 13.7 Å². The molecule has 3 rings (SSSR count). The number of rotatable bonds is 16. The van der Waals surface area contributed by atoms with Gasteiger partial charge in [-0.25, -0.2) is 9.78 Å². The van der Waals surface area contributed by atoms with Gasteiger partial charge in [-0.3, -0.25) is 9.78 Å². The van der Waals surface area contributed by atoms with Crippen molar-refractivity contribution in [2.24, 2.45) is 0 Å². The van der Waals surface area contributed by atoms with E-state index in [0.29, 0.717) is 37.4 Å². The Balaban J connectivity index is 2.02. The van der Waals surface area contributed by atoms with Crippen LogP contribution in [0.5, 0.6) is 5.75 Å². The van der Waals surface area contributed by atoms with Gasteiger partial charge in [-0.1, -0.05) is 45.5 Å². The molecular weight excluding hydrogens is 572 g/mol. The molecule has 1 aromatic carbocycles. The van der Waals surface area contributed by atoms with Gasteiger partial charge in [0.25, 0.3) is 0 Å². The maximum Gasteiger partial charge on any atom is 0.408 e. The minimum Gasteiger partial charge on any atom is -0.496 e. The number of amides is 1. The van der Waals surface area contributed by atoms with Crippen LogP contribution < -0.4 is 10.1 Å². The molecule has 10 heteroatoms. The standard InChI is InChI=1S/C34H52N4O5Si/c1-10-26(39)14-12-11-13-15-28(37-33(40)43-34(3,4)5)32-35-22-30(38(32)23-42-18-19-44(7,8)9)27-20-25-17-16-24(2)36-29(25)21-31(27)41-6/h16-17,20-22,28H,10-15,18-19,23H2,1-9H3,(H,37,40). The van der Waals surface area contributed by atoms with Crippen LogP contribution in [0.3, 0.4) is 0 Å². The summed E-state index contributed by atoms with van der Waals surface area (Å²) in [6, 6.07) is 8.69. The largest absolute Gasteiger partial charge is 0.496 e. The number of fused-ring (bicyclic) bond motifs is 1. The molecule has 9 nitrogen and oxygen atoms in total. The zero-order valence-corrected chi connectivity index (χ0v) is 29.2. The topological polar surface area (TPSA) is 105 Å². The van der Waals surface area contributed by atoms with Crippen molar-refractivity contribution in [1.29, 1.82) is 0 Å². The van der Waals surface area contributed by atoms with Crippen LogP contribution >= 0.6 is 0 Å². The Morgan fingerprint density at radius 1 is 1.09 bits per heavy atom. The van der Waals surface area contributed by atoms with Gasteiger partial charge in [0, 0.05) is 50.2 Å². The second-order valence-electron chi connectivity index (χ2n) is 13.7. The number of alkyl carbamates (subject to hydrolysis) is 1. The number of aryl methyl sites for hydroxylation is 1. The molecule has 1 unspecified atom stereocenters. The molecule has 0 saturated heterocycles. The number of Topliss-reactive ketones (excluding diaryl/α,β-unsaturated/α-hetero) is 1. The highest BCUT2D eigenvalue weighted by Crippen LogP contribution is 2.36. The highest BCUT2D eigenvalue weighted by atomic mass is 28.3. The fourth-order valence-electron chi connectivity index (χ4n) is 4.92. The van der Waals surface area contributed by atoms with Crippen LogP contribution in [0.15, 0.2) is 30.5 Å². The summed E-state index contributed by atoms with van der Waals surface area (Å²) in [7, 11) is 0.358. The third-order valence-corrected chi connectivity index (χ3v) is 9.08. The molecule has 0 aliphatic rings. The molecule has 242 valence electrons. The second kappa shape index (κ2) is 15.7. The first-order chi connectivity index (χ1) is 20.7. The zero-order valence-electron chi connectivity index (χ0n) is 28.2. The minimum absolute atomic E-state index is 0.277. The van der Waals surface area contributed by atoms with Crippen LogP contribution in [0.1, 0.15) is 83.8 Å². The van der Waals surface area contributed by atoms with Gasteiger partial charge in [0.15, 0.2) is 0 Å². The smallest absolute Gasteiger partial charge is 0.408 e. The fraction of sp³-hybridized carbons (Fsp3) is 0.588. The predicted molar refractivity (Wildman–Crippen MR) is 179 cm³/mol. The number of ether oxygens (including phenoxy) is 3. The van der Waals surface area contributed by atoms with Crippen molar-refractivity contribution >= 4 is 30.9 Å². The van der Waals surface area contributed by atoms with Crippen LogP contribution in [-0.4, -0.2) is 53.8 Å². The first-order valence-electron chi connectivity index (χ1n) is 15.8. The number of nitrogens with one attached hydrogen (secondary N) is 1. The molecular formula is C34H52N4O5Si. The summed E-state index contributed by atoms with van der Waals surface area (Å²) in [6.45, 7) is 17.3. The molecule has 0 fully saturated rings. The lowest BCUT2D eigenvalue weighted by molar-refractivity contribution is -0.118. The van der Waals surface area contributed by atoms with E-state index in [2.05, 4.69) is 42.1 Å². The van der Waals surface area contributed by atoms with E-state index in [0.717, 1.165) is 53.2 Å². The first-order valence-corrected chi connectivity index (χ1v) is 19.5. The van der Waals surface area contributed by atoms with Gasteiger partial charge >= 0.3 is 6.09 Å². The molecule has 0 aliphatic heterocycles. The molecule has 1 N–H and O–H groups in total. The van der Waals surface area contributed by atoms with Crippen molar-refractivity contribution in [3.8, 4) is 17.0 Å². The van der Waals surface area contributed by atoms with E-state index < -0.39 is 25.8 Å². The Morgan fingerprint density at radius 2 is 1.84 bits per heavy atom. The Morgan fingerprint density at radius 3 is 2.50 bits per heavy atom. The highest BCUT2D eigenvalue weighted by Gasteiger charge is 2.26. The number of ketones is 1. The molecule has 0 radical (unpaired) electrons. The number of benzene rings is 1. The van der Waals surface area contributed by atoms with Crippen molar-refractivity contribution in [1.82, 2.24) is 19.9 Å². The summed E-state index contributed by atoms with van der Waals surface area (Å²) in [5.41, 5.74) is 2.85. The summed E-state index contributed by atoms with van der Waals surface area (Å²) < 4.78 is 19.8. The number of imidazole rings is 1. The molecule has 1 amide bonds. The number of hydrogen-bond donors (Lipinski definition) is 1. The van der Waals surface area contributed by atoms with E-state index in [1.165, 1.54) is 0 Å². The zero-order chi connectivity index (χ0) is 32.5. The second-order valence-corrected chi connectivity index (χ2v) is 19.3. The van der Waals surface area contributed by atoms with E-state index in [1.54, 1.807) is 7.11 Å². The maximum absolute atomic E-state index is 13.0. The lowest BCUT2D eigenvalue weighted by atomic mass is 10.0. The number of unbranched alkanes of at least 4 members (excludes halogenated alkanes) is 2. The molecule has 0 bridgehead atoms. The lowest BCUT2D eigenvalue weighted by Gasteiger charge is -2.25. The number of pyridine rings is 1. The fourth-order valence-corrected chi connectivity index (χ4v) is 5.67.